The third kappa shape index (κ3) is 5.80. The van der Waals surface area contributed by atoms with Crippen molar-refractivity contribution >= 4 is 22.5 Å². The van der Waals surface area contributed by atoms with Crippen LogP contribution >= 0.6 is 0 Å². The summed E-state index contributed by atoms with van der Waals surface area (Å²) >= 11 is 0. The van der Waals surface area contributed by atoms with Crippen LogP contribution < -0.4 is 19.1 Å². The first-order valence-electron chi connectivity index (χ1n) is 12.6. The Morgan fingerprint density at radius 2 is 1.25 bits per heavy atom. The molecule has 0 amide bonds. The number of hydrogen-bond donors (Lipinski definition) is 0. The minimum atomic E-state index is -0.436. The quantitative estimate of drug-likeness (QED) is 0.157. The fraction of sp³-hybridized carbons (Fsp3) is 0.200. The zero-order chi connectivity index (χ0) is 28.1. The molecule has 0 unspecified atom stereocenters. The van der Waals surface area contributed by atoms with E-state index in [0.29, 0.717) is 36.5 Å². The molecular formula is C30H29N5O5. The van der Waals surface area contributed by atoms with Gasteiger partial charge in [-0.1, -0.05) is 36.4 Å². The van der Waals surface area contributed by atoms with Crippen LogP contribution in [0.1, 0.15) is 16.7 Å². The number of hydrogen-bond acceptors (Lipinski definition) is 8. The Morgan fingerprint density at radius 1 is 0.775 bits per heavy atom. The van der Waals surface area contributed by atoms with Crippen molar-refractivity contribution in [3.8, 4) is 17.2 Å². The van der Waals surface area contributed by atoms with Gasteiger partial charge in [-0.15, -0.1) is 0 Å². The molecule has 0 aliphatic carbocycles. The number of ether oxygens (including phenoxy) is 3. The molecule has 0 aliphatic heterocycles. The van der Waals surface area contributed by atoms with Gasteiger partial charge in [0.15, 0.2) is 11.5 Å². The van der Waals surface area contributed by atoms with E-state index in [-0.39, 0.29) is 5.69 Å². The van der Waals surface area contributed by atoms with Crippen molar-refractivity contribution in [1.82, 2.24) is 14.8 Å². The highest BCUT2D eigenvalue weighted by Crippen LogP contribution is 2.31. The Hall–Kier alpha value is -5.12. The van der Waals surface area contributed by atoms with Crippen LogP contribution in [-0.4, -0.2) is 41.0 Å². The van der Waals surface area contributed by atoms with Gasteiger partial charge < -0.3 is 19.1 Å². The Kier molecular flexibility index (Phi) is 7.77. The van der Waals surface area contributed by atoms with E-state index in [1.165, 1.54) is 6.20 Å². The number of rotatable bonds is 11. The Bertz CT molecular complexity index is 1550. The summed E-state index contributed by atoms with van der Waals surface area (Å²) < 4.78 is 17.7. The standard InChI is InChI=1S/C30H29N5O5/c1-38-25-10-4-21(5-11-25)18-33(19-22-6-12-26(39-2)13-7-22)30-28-16-24(35(36)37)17-31-29(28)34(32-30)20-23-8-14-27(40-3)15-9-23/h4-17H,18-20H2,1-3H3. The highest BCUT2D eigenvalue weighted by molar-refractivity contribution is 5.89. The molecule has 40 heavy (non-hydrogen) atoms. The summed E-state index contributed by atoms with van der Waals surface area (Å²) in [6.45, 7) is 1.45. The number of nitrogens with zero attached hydrogens (tertiary/aromatic N) is 5. The van der Waals surface area contributed by atoms with Gasteiger partial charge in [-0.25, -0.2) is 9.67 Å². The fourth-order valence-corrected chi connectivity index (χ4v) is 4.49. The van der Waals surface area contributed by atoms with Crippen LogP contribution in [0, 0.1) is 10.1 Å². The van der Waals surface area contributed by atoms with Gasteiger partial charge in [0, 0.05) is 19.2 Å². The van der Waals surface area contributed by atoms with Gasteiger partial charge in [0.25, 0.3) is 5.69 Å². The molecule has 5 aromatic rings. The lowest BCUT2D eigenvalue weighted by Gasteiger charge is -2.23. The molecule has 0 saturated heterocycles. The second-order valence-electron chi connectivity index (χ2n) is 9.20. The van der Waals surface area contributed by atoms with E-state index in [0.717, 1.165) is 33.9 Å². The number of anilines is 1. The summed E-state index contributed by atoms with van der Waals surface area (Å²) in [6, 6.07) is 24.9. The third-order valence-corrected chi connectivity index (χ3v) is 6.62. The molecule has 204 valence electrons. The average Bonchev–Trinajstić information content (AvgIpc) is 3.35. The van der Waals surface area contributed by atoms with Crippen molar-refractivity contribution in [2.75, 3.05) is 26.2 Å². The van der Waals surface area contributed by atoms with E-state index in [9.17, 15) is 10.1 Å². The Morgan fingerprint density at radius 3 is 1.70 bits per heavy atom. The van der Waals surface area contributed by atoms with Crippen LogP contribution in [0.3, 0.4) is 0 Å². The van der Waals surface area contributed by atoms with Crippen LogP contribution in [0.4, 0.5) is 11.5 Å². The SMILES string of the molecule is COc1ccc(CN(Cc2ccc(OC)cc2)c2nn(Cc3ccc(OC)cc3)c3ncc([N+](=O)[O-])cc23)cc1. The first-order chi connectivity index (χ1) is 19.5. The maximum absolute atomic E-state index is 11.7. The smallest absolute Gasteiger partial charge is 0.288 e. The molecule has 0 N–H and O–H groups in total. The van der Waals surface area contributed by atoms with Crippen LogP contribution in [0.2, 0.25) is 0 Å². The van der Waals surface area contributed by atoms with Crippen molar-refractivity contribution in [1.29, 1.82) is 0 Å². The Labute approximate surface area is 231 Å². The number of fused-ring (bicyclic) bond motifs is 1. The minimum absolute atomic E-state index is 0.0911. The molecule has 0 spiro atoms. The molecule has 2 aromatic heterocycles. The zero-order valence-electron chi connectivity index (χ0n) is 22.5. The lowest BCUT2D eigenvalue weighted by Crippen LogP contribution is -2.23. The first kappa shape index (κ1) is 26.5. The van der Waals surface area contributed by atoms with E-state index < -0.39 is 4.92 Å². The van der Waals surface area contributed by atoms with Gasteiger partial charge in [0.05, 0.1) is 38.2 Å². The summed E-state index contributed by atoms with van der Waals surface area (Å²) in [5.74, 6) is 2.89. The maximum atomic E-state index is 11.7. The molecule has 3 aromatic carbocycles. The van der Waals surface area contributed by atoms with Crippen LogP contribution in [0.5, 0.6) is 17.2 Å². The van der Waals surface area contributed by atoms with Gasteiger partial charge in [0.1, 0.15) is 23.4 Å². The number of benzene rings is 3. The number of aromatic nitrogens is 3. The molecule has 0 saturated carbocycles. The van der Waals surface area contributed by atoms with Crippen LogP contribution in [0.25, 0.3) is 11.0 Å². The lowest BCUT2D eigenvalue weighted by molar-refractivity contribution is -0.385. The van der Waals surface area contributed by atoms with Gasteiger partial charge in [-0.2, -0.15) is 5.10 Å². The van der Waals surface area contributed by atoms with Crippen molar-refractivity contribution in [2.24, 2.45) is 0 Å². The minimum Gasteiger partial charge on any atom is -0.497 e. The van der Waals surface area contributed by atoms with Crippen molar-refractivity contribution < 1.29 is 19.1 Å². The highest BCUT2D eigenvalue weighted by atomic mass is 16.6. The lowest BCUT2D eigenvalue weighted by atomic mass is 10.1. The molecule has 0 bridgehead atoms. The molecule has 10 nitrogen and oxygen atoms in total. The van der Waals surface area contributed by atoms with Crippen molar-refractivity contribution in [3.05, 3.63) is 112 Å². The van der Waals surface area contributed by atoms with Gasteiger partial charge in [-0.05, 0) is 53.1 Å². The fourth-order valence-electron chi connectivity index (χ4n) is 4.49. The van der Waals surface area contributed by atoms with E-state index in [4.69, 9.17) is 19.3 Å². The highest BCUT2D eigenvalue weighted by Gasteiger charge is 2.22. The van der Waals surface area contributed by atoms with Gasteiger partial charge in [0.2, 0.25) is 0 Å². The Balaban J connectivity index is 1.59. The number of pyridine rings is 1. The normalized spacial score (nSPS) is 10.9. The van der Waals surface area contributed by atoms with Crippen molar-refractivity contribution in [2.45, 2.75) is 19.6 Å². The van der Waals surface area contributed by atoms with Crippen LogP contribution in [-0.2, 0) is 19.6 Å². The predicted molar refractivity (Wildman–Crippen MR) is 152 cm³/mol. The summed E-state index contributed by atoms with van der Waals surface area (Å²) in [5.41, 5.74) is 3.53. The summed E-state index contributed by atoms with van der Waals surface area (Å²) in [6.07, 6.45) is 1.27. The molecule has 0 radical (unpaired) electrons. The van der Waals surface area contributed by atoms with E-state index in [2.05, 4.69) is 9.88 Å². The molecule has 0 aliphatic rings. The van der Waals surface area contributed by atoms with E-state index in [1.807, 2.05) is 72.8 Å². The van der Waals surface area contributed by atoms with Crippen LogP contribution in [0.15, 0.2) is 85.1 Å². The molecule has 0 atom stereocenters. The van der Waals surface area contributed by atoms with E-state index in [1.54, 1.807) is 32.1 Å². The second kappa shape index (κ2) is 11.7. The summed E-state index contributed by atoms with van der Waals surface area (Å²) in [7, 11) is 4.89. The third-order valence-electron chi connectivity index (χ3n) is 6.62. The maximum Gasteiger partial charge on any atom is 0.288 e. The summed E-state index contributed by atoms with van der Waals surface area (Å²) in [4.78, 5) is 17.8. The summed E-state index contributed by atoms with van der Waals surface area (Å²) in [5, 5.41) is 17.2. The van der Waals surface area contributed by atoms with Crippen molar-refractivity contribution in [3.63, 3.8) is 0 Å². The topological polar surface area (TPSA) is 105 Å². The molecular weight excluding hydrogens is 510 g/mol. The first-order valence-corrected chi connectivity index (χ1v) is 12.6. The molecule has 10 heteroatoms. The second-order valence-corrected chi connectivity index (χ2v) is 9.20. The largest absolute Gasteiger partial charge is 0.497 e. The van der Waals surface area contributed by atoms with Gasteiger partial charge in [-0.3, -0.25) is 10.1 Å². The van der Waals surface area contributed by atoms with E-state index >= 15 is 0 Å². The molecule has 5 rings (SSSR count). The zero-order valence-corrected chi connectivity index (χ0v) is 22.5. The predicted octanol–water partition coefficient (Wildman–Crippen LogP) is 5.62. The van der Waals surface area contributed by atoms with Gasteiger partial charge >= 0.3 is 0 Å². The number of methoxy groups -OCH3 is 3. The average molecular weight is 540 g/mol. The number of nitro groups is 1. The monoisotopic (exact) mass is 539 g/mol. The molecule has 2 heterocycles. The molecule has 0 fully saturated rings.